The third kappa shape index (κ3) is 5.20. The van der Waals surface area contributed by atoms with Gasteiger partial charge < -0.3 is 14.8 Å². The lowest BCUT2D eigenvalue weighted by Gasteiger charge is -2.26. The van der Waals surface area contributed by atoms with Gasteiger partial charge in [0.2, 0.25) is 0 Å². The normalized spacial score (nSPS) is 21.1. The van der Waals surface area contributed by atoms with Crippen LogP contribution in [0.15, 0.2) is 84.9 Å². The lowest BCUT2D eigenvalue weighted by molar-refractivity contribution is -0.154. The molecule has 0 radical (unpaired) electrons. The summed E-state index contributed by atoms with van der Waals surface area (Å²) in [4.78, 5) is 13.2. The summed E-state index contributed by atoms with van der Waals surface area (Å²) in [6.45, 7) is 2.69. The number of hydrogen-bond donors (Lipinski definition) is 1. The highest BCUT2D eigenvalue weighted by molar-refractivity contribution is 5.75. The number of ether oxygens (including phenoxy) is 2. The average molecular weight is 430 g/mol. The van der Waals surface area contributed by atoms with Crippen molar-refractivity contribution in [3.8, 4) is 5.75 Å². The van der Waals surface area contributed by atoms with E-state index in [4.69, 9.17) is 9.47 Å². The molecule has 32 heavy (non-hydrogen) atoms. The van der Waals surface area contributed by atoms with Crippen molar-refractivity contribution in [3.63, 3.8) is 0 Å². The van der Waals surface area contributed by atoms with Gasteiger partial charge in [0.15, 0.2) is 0 Å². The maximum atomic E-state index is 13.2. The Labute approximate surface area is 190 Å². The van der Waals surface area contributed by atoms with Crippen LogP contribution < -0.4 is 10.1 Å². The van der Waals surface area contributed by atoms with Gasteiger partial charge in [-0.2, -0.15) is 0 Å². The zero-order valence-electron chi connectivity index (χ0n) is 18.7. The fraction of sp³-hybridized carbons (Fsp3) is 0.321. The van der Waals surface area contributed by atoms with E-state index in [1.54, 1.807) is 7.11 Å². The van der Waals surface area contributed by atoms with Crippen molar-refractivity contribution in [2.24, 2.45) is 5.92 Å². The minimum Gasteiger partial charge on any atom is -0.497 e. The molecule has 166 valence electrons. The van der Waals surface area contributed by atoms with Crippen LogP contribution in [0.4, 0.5) is 0 Å². The predicted molar refractivity (Wildman–Crippen MR) is 126 cm³/mol. The molecule has 0 aliphatic heterocycles. The summed E-state index contributed by atoms with van der Waals surface area (Å²) in [6.07, 6.45) is 1.50. The molecule has 4 heteroatoms. The zero-order chi connectivity index (χ0) is 22.3. The van der Waals surface area contributed by atoms with Gasteiger partial charge in [0.05, 0.1) is 13.0 Å². The highest BCUT2D eigenvalue weighted by Crippen LogP contribution is 2.41. The predicted octanol–water partition coefficient (Wildman–Crippen LogP) is 5.65. The van der Waals surface area contributed by atoms with Crippen molar-refractivity contribution in [1.82, 2.24) is 5.32 Å². The number of hydrogen-bond acceptors (Lipinski definition) is 4. The summed E-state index contributed by atoms with van der Waals surface area (Å²) in [5, 5.41) is 3.71. The van der Waals surface area contributed by atoms with Crippen molar-refractivity contribution in [3.05, 3.63) is 102 Å². The molecule has 0 amide bonds. The molecule has 0 saturated heterocycles. The van der Waals surface area contributed by atoms with Crippen molar-refractivity contribution in [2.75, 3.05) is 7.11 Å². The van der Waals surface area contributed by atoms with Gasteiger partial charge in [0.25, 0.3) is 0 Å². The first-order valence-corrected chi connectivity index (χ1v) is 11.3. The molecule has 1 aliphatic rings. The molecule has 1 fully saturated rings. The van der Waals surface area contributed by atoms with Crippen LogP contribution in [-0.2, 0) is 16.1 Å². The quantitative estimate of drug-likeness (QED) is 0.470. The van der Waals surface area contributed by atoms with E-state index < -0.39 is 0 Å². The molecular weight excluding hydrogens is 398 g/mol. The minimum atomic E-state index is -0.258. The standard InChI is InChI=1S/C28H31NO3/c1-20(22-9-5-3-6-10-22)32-28(30)25-17-18-26(27(25)23-11-7-4-8-12-23)29-19-21-13-15-24(31-2)16-14-21/h3-16,20,25-27,29H,17-19H2,1-2H3/t20-,25+,26?,27?/m0/s1. The summed E-state index contributed by atoms with van der Waals surface area (Å²) in [5.41, 5.74) is 3.40. The molecule has 1 N–H and O–H groups in total. The monoisotopic (exact) mass is 429 g/mol. The lowest BCUT2D eigenvalue weighted by atomic mass is 9.86. The SMILES string of the molecule is COc1ccc(CNC2CC[C@@H](C(=O)O[C@@H](C)c3ccccc3)C2c2ccccc2)cc1. The Morgan fingerprint density at radius 3 is 2.25 bits per heavy atom. The molecule has 2 unspecified atom stereocenters. The Morgan fingerprint density at radius 1 is 0.938 bits per heavy atom. The van der Waals surface area contributed by atoms with E-state index in [0.717, 1.165) is 30.7 Å². The van der Waals surface area contributed by atoms with E-state index in [2.05, 4.69) is 29.6 Å². The second kappa shape index (κ2) is 10.5. The number of nitrogens with one attached hydrogen (secondary N) is 1. The highest BCUT2D eigenvalue weighted by atomic mass is 16.5. The average Bonchev–Trinajstić information content (AvgIpc) is 3.28. The molecule has 0 heterocycles. The molecule has 1 saturated carbocycles. The molecule has 4 rings (SSSR count). The lowest BCUT2D eigenvalue weighted by Crippen LogP contribution is -2.34. The van der Waals surface area contributed by atoms with E-state index in [-0.39, 0.29) is 30.0 Å². The van der Waals surface area contributed by atoms with Crippen LogP contribution in [0.25, 0.3) is 0 Å². The van der Waals surface area contributed by atoms with E-state index in [0.29, 0.717) is 0 Å². The Kier molecular flexibility index (Phi) is 7.23. The van der Waals surface area contributed by atoms with Crippen molar-refractivity contribution < 1.29 is 14.3 Å². The van der Waals surface area contributed by atoms with Gasteiger partial charge in [0, 0.05) is 18.5 Å². The Morgan fingerprint density at radius 2 is 1.59 bits per heavy atom. The van der Waals surface area contributed by atoms with Gasteiger partial charge >= 0.3 is 5.97 Å². The van der Waals surface area contributed by atoms with Gasteiger partial charge in [-0.25, -0.2) is 0 Å². The minimum absolute atomic E-state index is 0.0879. The van der Waals surface area contributed by atoms with Gasteiger partial charge in [0.1, 0.15) is 11.9 Å². The number of methoxy groups -OCH3 is 1. The summed E-state index contributed by atoms with van der Waals surface area (Å²) in [7, 11) is 1.67. The number of esters is 1. The molecule has 0 bridgehead atoms. The fourth-order valence-electron chi connectivity index (χ4n) is 4.68. The number of benzene rings is 3. The third-order valence-corrected chi connectivity index (χ3v) is 6.43. The first kappa shape index (κ1) is 22.1. The smallest absolute Gasteiger partial charge is 0.310 e. The van der Waals surface area contributed by atoms with Gasteiger partial charge in [-0.1, -0.05) is 72.8 Å². The zero-order valence-corrected chi connectivity index (χ0v) is 18.7. The van der Waals surface area contributed by atoms with Crippen molar-refractivity contribution in [1.29, 1.82) is 0 Å². The van der Waals surface area contributed by atoms with Gasteiger partial charge in [-0.05, 0) is 48.6 Å². The van der Waals surface area contributed by atoms with Crippen LogP contribution in [0.3, 0.4) is 0 Å². The van der Waals surface area contributed by atoms with Crippen molar-refractivity contribution in [2.45, 2.75) is 44.4 Å². The highest BCUT2D eigenvalue weighted by Gasteiger charge is 2.42. The van der Waals surface area contributed by atoms with Gasteiger partial charge in [-0.3, -0.25) is 4.79 Å². The Hall–Kier alpha value is -3.11. The van der Waals surface area contributed by atoms with Crippen molar-refractivity contribution >= 4 is 5.97 Å². The third-order valence-electron chi connectivity index (χ3n) is 6.43. The van der Waals surface area contributed by atoms with Crippen LogP contribution in [0.2, 0.25) is 0 Å². The number of carbonyl (C=O) groups excluding carboxylic acids is 1. The van der Waals surface area contributed by atoms with E-state index in [1.807, 2.05) is 67.6 Å². The van der Waals surface area contributed by atoms with Crippen LogP contribution in [0, 0.1) is 5.92 Å². The first-order chi connectivity index (χ1) is 15.7. The topological polar surface area (TPSA) is 47.6 Å². The van der Waals surface area contributed by atoms with Gasteiger partial charge in [-0.15, -0.1) is 0 Å². The summed E-state index contributed by atoms with van der Waals surface area (Å²) >= 11 is 0. The Balaban J connectivity index is 1.47. The molecule has 3 aromatic rings. The van der Waals surface area contributed by atoms with E-state index in [9.17, 15) is 4.79 Å². The van der Waals surface area contributed by atoms with E-state index >= 15 is 0 Å². The molecule has 0 aromatic heterocycles. The number of rotatable bonds is 8. The molecule has 1 aliphatic carbocycles. The maximum Gasteiger partial charge on any atom is 0.310 e. The summed E-state index contributed by atoms with van der Waals surface area (Å²) in [5.74, 6) is 0.679. The summed E-state index contributed by atoms with van der Waals surface area (Å²) in [6, 6.07) is 28.6. The van der Waals surface area contributed by atoms with Crippen LogP contribution in [-0.4, -0.2) is 19.1 Å². The molecule has 4 nitrogen and oxygen atoms in total. The molecule has 3 aromatic carbocycles. The molecule has 0 spiro atoms. The number of carbonyl (C=O) groups is 1. The largest absolute Gasteiger partial charge is 0.497 e. The van der Waals surface area contributed by atoms with Crippen LogP contribution in [0.1, 0.15) is 48.5 Å². The fourth-order valence-corrected chi connectivity index (χ4v) is 4.68. The molecular formula is C28H31NO3. The summed E-state index contributed by atoms with van der Waals surface area (Å²) < 4.78 is 11.2. The maximum absolute atomic E-state index is 13.2. The van der Waals surface area contributed by atoms with Crippen LogP contribution in [0.5, 0.6) is 5.75 Å². The van der Waals surface area contributed by atoms with Crippen LogP contribution >= 0.6 is 0 Å². The van der Waals surface area contributed by atoms with E-state index in [1.165, 1.54) is 11.1 Å². The first-order valence-electron chi connectivity index (χ1n) is 11.3. The second-order valence-corrected chi connectivity index (χ2v) is 8.45. The Bertz CT molecular complexity index is 988. The molecule has 4 atom stereocenters. The second-order valence-electron chi connectivity index (χ2n) is 8.45.